The maximum Gasteiger partial charge on any atom is -0.0282 e. The average Bonchev–Trinajstić information content (AvgIpc) is 1.21. The summed E-state index contributed by atoms with van der Waals surface area (Å²) in [5.74, 6) is 0. The van der Waals surface area contributed by atoms with E-state index in [2.05, 4.69) is 34.1 Å². The first-order chi connectivity index (χ1) is 3.42. The lowest BCUT2D eigenvalue weighted by Crippen LogP contribution is -2.08. The first-order valence-electron chi connectivity index (χ1n) is 3.06. The lowest BCUT2D eigenvalue weighted by molar-refractivity contribution is 0.478. The van der Waals surface area contributed by atoms with Gasteiger partial charge in [-0.3, -0.25) is 0 Å². The molecule has 0 fully saturated rings. The molecule has 0 aliphatic rings. The Morgan fingerprint density at radius 3 is 1.50 bits per heavy atom. The van der Waals surface area contributed by atoms with Crippen LogP contribution in [-0.2, 0) is 0 Å². The van der Waals surface area contributed by atoms with Gasteiger partial charge in [0, 0.05) is 0 Å². The van der Waals surface area contributed by atoms with E-state index in [4.69, 9.17) is 0 Å². The molecule has 0 atom stereocenters. The van der Waals surface area contributed by atoms with E-state index in [1.807, 2.05) is 0 Å². The molecule has 0 N–H and O–H groups in total. The highest BCUT2D eigenvalue weighted by atomic mass is 31.1. The zero-order valence-corrected chi connectivity index (χ0v) is 7.55. The van der Waals surface area contributed by atoms with Crippen molar-refractivity contribution in [2.75, 3.05) is 19.5 Å². The van der Waals surface area contributed by atoms with Crippen molar-refractivity contribution < 1.29 is 0 Å². The number of rotatable bonds is 1. The first kappa shape index (κ1) is 8.43. The van der Waals surface area contributed by atoms with Gasteiger partial charge < -0.3 is 0 Å². The lowest BCUT2D eigenvalue weighted by Gasteiger charge is -2.20. The van der Waals surface area contributed by atoms with Crippen LogP contribution in [0.25, 0.3) is 0 Å². The van der Waals surface area contributed by atoms with Gasteiger partial charge in [0.2, 0.25) is 0 Å². The van der Waals surface area contributed by atoms with Gasteiger partial charge in [0.25, 0.3) is 0 Å². The Kier molecular flexibility index (Phi) is 2.98. The van der Waals surface area contributed by atoms with Gasteiger partial charge in [-0.05, 0) is 24.9 Å². The minimum absolute atomic E-state index is 0.311. The maximum atomic E-state index is 2.33. The molecule has 0 heterocycles. The van der Waals surface area contributed by atoms with Gasteiger partial charge in [0.05, 0.1) is 0 Å². The molecule has 0 bridgehead atoms. The summed E-state index contributed by atoms with van der Waals surface area (Å²) >= 11 is 0. The van der Waals surface area contributed by atoms with E-state index in [1.165, 1.54) is 6.16 Å². The van der Waals surface area contributed by atoms with Crippen LogP contribution in [0.4, 0.5) is 0 Å². The second-order valence-corrected chi connectivity index (χ2v) is 6.27. The zero-order valence-electron chi connectivity index (χ0n) is 6.65. The Morgan fingerprint density at radius 1 is 1.12 bits per heavy atom. The Morgan fingerprint density at radius 2 is 1.50 bits per heavy atom. The van der Waals surface area contributed by atoms with Crippen LogP contribution >= 0.6 is 7.92 Å². The summed E-state index contributed by atoms with van der Waals surface area (Å²) in [7, 11) is 0.311. The monoisotopic (exact) mass is 132 g/mol. The molecule has 0 unspecified atom stereocenters. The molecule has 0 aliphatic heterocycles. The molecule has 0 nitrogen and oxygen atoms in total. The summed E-state index contributed by atoms with van der Waals surface area (Å²) in [6, 6.07) is 0. The molecule has 0 amide bonds. The summed E-state index contributed by atoms with van der Waals surface area (Å²) in [6.45, 7) is 11.6. The second kappa shape index (κ2) is 2.82. The summed E-state index contributed by atoms with van der Waals surface area (Å²) in [6.07, 6.45) is 1.39. The standard InChI is InChI=1S/C7H17P/c1-7(2,3)6-8(4)5/h6H2,1-5H3. The molecule has 8 heavy (non-hydrogen) atoms. The molecule has 0 aliphatic carbocycles. The SMILES string of the molecule is CP(C)CC(C)(C)C. The Labute approximate surface area is 54.4 Å². The minimum atomic E-state index is 0.311. The largest absolute Gasteiger partial charge is 0.113 e. The predicted molar refractivity (Wildman–Crippen MR) is 43.1 cm³/mol. The molecular formula is C7H17P. The van der Waals surface area contributed by atoms with E-state index in [1.54, 1.807) is 0 Å². The quantitative estimate of drug-likeness (QED) is 0.481. The van der Waals surface area contributed by atoms with Gasteiger partial charge in [-0.15, -0.1) is 7.92 Å². The second-order valence-electron chi connectivity index (χ2n) is 3.80. The Balaban J connectivity index is 3.39. The molecule has 0 saturated carbocycles. The normalized spacial score (nSPS) is 12.8. The fourth-order valence-electron chi connectivity index (χ4n) is 0.949. The molecule has 0 aromatic carbocycles. The van der Waals surface area contributed by atoms with Gasteiger partial charge in [-0.25, -0.2) is 0 Å². The third-order valence-electron chi connectivity index (χ3n) is 0.791. The number of hydrogen-bond donors (Lipinski definition) is 0. The summed E-state index contributed by atoms with van der Waals surface area (Å²) in [5, 5.41) is 0. The molecule has 50 valence electrons. The topological polar surface area (TPSA) is 0 Å². The molecule has 0 saturated heterocycles. The van der Waals surface area contributed by atoms with Gasteiger partial charge in [0.15, 0.2) is 0 Å². The van der Waals surface area contributed by atoms with Crippen LogP contribution in [0.15, 0.2) is 0 Å². The fourth-order valence-corrected chi connectivity index (χ4v) is 2.85. The van der Waals surface area contributed by atoms with Crippen LogP contribution in [0, 0.1) is 5.41 Å². The summed E-state index contributed by atoms with van der Waals surface area (Å²) in [4.78, 5) is 0. The highest BCUT2D eigenvalue weighted by molar-refractivity contribution is 7.56. The molecule has 0 rings (SSSR count). The third kappa shape index (κ3) is 6.43. The van der Waals surface area contributed by atoms with E-state index in [0.717, 1.165) is 0 Å². The minimum Gasteiger partial charge on any atom is -0.113 e. The van der Waals surface area contributed by atoms with Gasteiger partial charge in [-0.1, -0.05) is 20.8 Å². The van der Waals surface area contributed by atoms with Crippen LogP contribution in [0.1, 0.15) is 20.8 Å². The molecular weight excluding hydrogens is 115 g/mol. The molecule has 0 aromatic heterocycles. The van der Waals surface area contributed by atoms with Crippen molar-refractivity contribution in [1.82, 2.24) is 0 Å². The van der Waals surface area contributed by atoms with Crippen LogP contribution < -0.4 is 0 Å². The zero-order chi connectivity index (χ0) is 6.78. The van der Waals surface area contributed by atoms with Crippen molar-refractivity contribution in [2.24, 2.45) is 5.41 Å². The van der Waals surface area contributed by atoms with Gasteiger partial charge in [-0.2, -0.15) is 0 Å². The Bertz CT molecular complexity index is 59.3. The summed E-state index contributed by atoms with van der Waals surface area (Å²) in [5.41, 5.74) is 0.551. The van der Waals surface area contributed by atoms with Crippen LogP contribution in [0.5, 0.6) is 0 Å². The van der Waals surface area contributed by atoms with Crippen molar-refractivity contribution >= 4 is 7.92 Å². The van der Waals surface area contributed by atoms with Crippen LogP contribution in [0.2, 0.25) is 0 Å². The fraction of sp³-hybridized carbons (Fsp3) is 1.00. The number of hydrogen-bond acceptors (Lipinski definition) is 0. The molecule has 0 aromatic rings. The molecule has 1 heteroatoms. The van der Waals surface area contributed by atoms with Crippen molar-refractivity contribution in [3.8, 4) is 0 Å². The highest BCUT2D eigenvalue weighted by Crippen LogP contribution is 2.33. The highest BCUT2D eigenvalue weighted by Gasteiger charge is 2.10. The van der Waals surface area contributed by atoms with Crippen molar-refractivity contribution in [1.29, 1.82) is 0 Å². The summed E-state index contributed by atoms with van der Waals surface area (Å²) < 4.78 is 0. The van der Waals surface area contributed by atoms with Gasteiger partial charge >= 0.3 is 0 Å². The lowest BCUT2D eigenvalue weighted by atomic mass is 10.0. The molecule has 0 radical (unpaired) electrons. The van der Waals surface area contributed by atoms with E-state index < -0.39 is 0 Å². The smallest absolute Gasteiger partial charge is 0.0282 e. The van der Waals surface area contributed by atoms with Crippen molar-refractivity contribution in [3.63, 3.8) is 0 Å². The van der Waals surface area contributed by atoms with Crippen LogP contribution in [-0.4, -0.2) is 19.5 Å². The first-order valence-corrected chi connectivity index (χ1v) is 5.49. The maximum absolute atomic E-state index is 2.33. The van der Waals surface area contributed by atoms with E-state index in [9.17, 15) is 0 Å². The van der Waals surface area contributed by atoms with E-state index in [-0.39, 0.29) is 0 Å². The van der Waals surface area contributed by atoms with Gasteiger partial charge in [0.1, 0.15) is 0 Å². The molecule has 0 spiro atoms. The van der Waals surface area contributed by atoms with E-state index in [0.29, 0.717) is 13.3 Å². The van der Waals surface area contributed by atoms with Crippen LogP contribution in [0.3, 0.4) is 0 Å². The predicted octanol–water partition coefficient (Wildman–Crippen LogP) is 2.77. The van der Waals surface area contributed by atoms with Crippen molar-refractivity contribution in [2.45, 2.75) is 20.8 Å². The Hall–Kier alpha value is 0.430. The van der Waals surface area contributed by atoms with E-state index >= 15 is 0 Å². The average molecular weight is 132 g/mol. The van der Waals surface area contributed by atoms with Crippen molar-refractivity contribution in [3.05, 3.63) is 0 Å². The third-order valence-corrected chi connectivity index (χ3v) is 2.37.